The average molecular weight is 625 g/mol. The van der Waals surface area contributed by atoms with Crippen molar-refractivity contribution in [2.24, 2.45) is 0 Å². The zero-order valence-electron chi connectivity index (χ0n) is 26.1. The molecule has 6 rings (SSSR count). The first kappa shape index (κ1) is 32.5. The molecule has 2 heterocycles. The standard InChI is InChI=1S/C39H44O7/c40-23-35-33(45-35)21-22-34-37(42-25-30-15-7-2-8-16-30)39(44-27-32-19-11-4-12-20-32)38(43-26-31-17-9-3-10-18-31)36(46-34)28-41-24-29-13-5-1-6-14-29/h1-20,33-40H,21-28H2/t33?,34-,35-,36?,37?,38+,39+/m1/s1. The second kappa shape index (κ2) is 17.0. The number of epoxide rings is 1. The maximum absolute atomic E-state index is 9.58. The molecule has 0 radical (unpaired) electrons. The molecule has 1 N–H and O–H groups in total. The first-order valence-corrected chi connectivity index (χ1v) is 16.3. The van der Waals surface area contributed by atoms with Gasteiger partial charge in [0.1, 0.15) is 30.5 Å². The van der Waals surface area contributed by atoms with Gasteiger partial charge in [0.2, 0.25) is 0 Å². The van der Waals surface area contributed by atoms with Crippen LogP contribution in [-0.4, -0.2) is 61.0 Å². The van der Waals surface area contributed by atoms with E-state index in [9.17, 15) is 5.11 Å². The van der Waals surface area contributed by atoms with Gasteiger partial charge < -0.3 is 33.5 Å². The Morgan fingerprint density at radius 3 is 1.28 bits per heavy atom. The summed E-state index contributed by atoms with van der Waals surface area (Å²) in [6, 6.07) is 40.6. The van der Waals surface area contributed by atoms with Crippen LogP contribution in [0.3, 0.4) is 0 Å². The third-order valence-corrected chi connectivity index (χ3v) is 8.58. The molecular weight excluding hydrogens is 580 g/mol. The minimum atomic E-state index is -0.459. The summed E-state index contributed by atoms with van der Waals surface area (Å²) < 4.78 is 39.1. The molecule has 2 aliphatic heterocycles. The van der Waals surface area contributed by atoms with E-state index in [0.717, 1.165) is 28.7 Å². The summed E-state index contributed by atoms with van der Waals surface area (Å²) in [5.74, 6) is 0. The van der Waals surface area contributed by atoms with Crippen molar-refractivity contribution in [3.63, 3.8) is 0 Å². The number of aliphatic hydroxyl groups is 1. The van der Waals surface area contributed by atoms with E-state index >= 15 is 0 Å². The fourth-order valence-electron chi connectivity index (χ4n) is 6.04. The van der Waals surface area contributed by atoms with E-state index in [-0.39, 0.29) is 24.9 Å². The van der Waals surface area contributed by atoms with Gasteiger partial charge in [-0.05, 0) is 35.1 Å². The molecule has 7 nitrogen and oxygen atoms in total. The van der Waals surface area contributed by atoms with Gasteiger partial charge in [-0.2, -0.15) is 0 Å². The Bertz CT molecular complexity index is 1410. The van der Waals surface area contributed by atoms with Crippen LogP contribution in [0.2, 0.25) is 0 Å². The van der Waals surface area contributed by atoms with Gasteiger partial charge in [-0.3, -0.25) is 0 Å². The monoisotopic (exact) mass is 624 g/mol. The summed E-state index contributed by atoms with van der Waals surface area (Å²) in [5.41, 5.74) is 4.31. The second-order valence-corrected chi connectivity index (χ2v) is 12.0. The molecule has 7 atom stereocenters. The normalized spacial score (nSPS) is 25.7. The van der Waals surface area contributed by atoms with Crippen LogP contribution in [0, 0.1) is 0 Å². The molecule has 0 bridgehead atoms. The van der Waals surface area contributed by atoms with Crippen molar-refractivity contribution in [3.05, 3.63) is 144 Å². The Kier molecular flexibility index (Phi) is 12.0. The van der Waals surface area contributed by atoms with E-state index in [4.69, 9.17) is 28.4 Å². The highest BCUT2D eigenvalue weighted by molar-refractivity contribution is 5.16. The fraction of sp³-hybridized carbons (Fsp3) is 0.385. The predicted molar refractivity (Wildman–Crippen MR) is 175 cm³/mol. The second-order valence-electron chi connectivity index (χ2n) is 12.0. The van der Waals surface area contributed by atoms with Crippen LogP contribution < -0.4 is 0 Å². The molecule has 0 aliphatic carbocycles. The summed E-state index contributed by atoms with van der Waals surface area (Å²) in [5, 5.41) is 9.58. The van der Waals surface area contributed by atoms with Crippen LogP contribution in [0.25, 0.3) is 0 Å². The van der Waals surface area contributed by atoms with Crippen molar-refractivity contribution in [1.82, 2.24) is 0 Å². The van der Waals surface area contributed by atoms with E-state index in [1.54, 1.807) is 0 Å². The van der Waals surface area contributed by atoms with Crippen LogP contribution >= 0.6 is 0 Å². The number of hydrogen-bond acceptors (Lipinski definition) is 7. The first-order chi connectivity index (χ1) is 22.8. The molecule has 46 heavy (non-hydrogen) atoms. The molecule has 0 aromatic heterocycles. The number of benzene rings is 4. The van der Waals surface area contributed by atoms with Crippen LogP contribution in [0.1, 0.15) is 35.1 Å². The summed E-state index contributed by atoms with van der Waals surface area (Å²) in [4.78, 5) is 0. The van der Waals surface area contributed by atoms with Crippen molar-refractivity contribution in [3.8, 4) is 0 Å². The lowest BCUT2D eigenvalue weighted by Gasteiger charge is -2.46. The number of aliphatic hydroxyl groups excluding tert-OH is 1. The molecule has 0 spiro atoms. The zero-order valence-corrected chi connectivity index (χ0v) is 26.1. The molecular formula is C39H44O7. The van der Waals surface area contributed by atoms with Crippen molar-refractivity contribution in [2.45, 2.75) is 82.0 Å². The Hall–Kier alpha value is -3.40. The van der Waals surface area contributed by atoms with Crippen molar-refractivity contribution < 1.29 is 33.5 Å². The molecule has 4 aromatic carbocycles. The first-order valence-electron chi connectivity index (χ1n) is 16.3. The van der Waals surface area contributed by atoms with Gasteiger partial charge in [-0.1, -0.05) is 121 Å². The molecule has 2 aliphatic rings. The largest absolute Gasteiger partial charge is 0.394 e. The minimum Gasteiger partial charge on any atom is -0.394 e. The highest BCUT2D eigenvalue weighted by Gasteiger charge is 2.49. The molecule has 7 heteroatoms. The minimum absolute atomic E-state index is 0.0203. The van der Waals surface area contributed by atoms with Crippen molar-refractivity contribution >= 4 is 0 Å². The predicted octanol–water partition coefficient (Wildman–Crippen LogP) is 6.27. The van der Waals surface area contributed by atoms with E-state index in [1.165, 1.54) is 0 Å². The van der Waals surface area contributed by atoms with E-state index in [0.29, 0.717) is 39.5 Å². The average Bonchev–Trinajstić information content (AvgIpc) is 3.89. The van der Waals surface area contributed by atoms with E-state index in [2.05, 4.69) is 48.5 Å². The van der Waals surface area contributed by atoms with Gasteiger partial charge in [0.15, 0.2) is 0 Å². The SMILES string of the molecule is OC[C@H]1OC1CC[C@H]1OC(COCc2ccccc2)[C@H](OCc2ccccc2)[C@@H](OCc2ccccc2)C1OCc1ccccc1. The Morgan fingerprint density at radius 2 is 0.826 bits per heavy atom. The van der Waals surface area contributed by atoms with Gasteiger partial charge in [0.25, 0.3) is 0 Å². The van der Waals surface area contributed by atoms with Crippen LogP contribution in [-0.2, 0) is 54.8 Å². The topological polar surface area (TPSA) is 78.9 Å². The van der Waals surface area contributed by atoms with Crippen LogP contribution in [0.5, 0.6) is 0 Å². The molecule has 3 unspecified atom stereocenters. The van der Waals surface area contributed by atoms with E-state index in [1.807, 2.05) is 72.8 Å². The Labute approximate surface area is 272 Å². The fourth-order valence-corrected chi connectivity index (χ4v) is 6.04. The van der Waals surface area contributed by atoms with Crippen molar-refractivity contribution in [1.29, 1.82) is 0 Å². The molecule has 0 saturated carbocycles. The van der Waals surface area contributed by atoms with Crippen molar-refractivity contribution in [2.75, 3.05) is 13.2 Å². The third-order valence-electron chi connectivity index (χ3n) is 8.58. The molecule has 2 fully saturated rings. The lowest BCUT2D eigenvalue weighted by Crippen LogP contribution is -2.61. The summed E-state index contributed by atoms with van der Waals surface area (Å²) in [6.07, 6.45) is -0.660. The number of rotatable bonds is 17. The lowest BCUT2D eigenvalue weighted by molar-refractivity contribution is -0.273. The maximum Gasteiger partial charge on any atom is 0.115 e. The molecule has 0 amide bonds. The zero-order chi connectivity index (χ0) is 31.4. The third kappa shape index (κ3) is 9.33. The smallest absolute Gasteiger partial charge is 0.115 e. The summed E-state index contributed by atoms with van der Waals surface area (Å²) >= 11 is 0. The van der Waals surface area contributed by atoms with E-state index < -0.39 is 24.4 Å². The molecule has 2 saturated heterocycles. The van der Waals surface area contributed by atoms with Crippen LogP contribution in [0.15, 0.2) is 121 Å². The van der Waals surface area contributed by atoms with Gasteiger partial charge in [-0.15, -0.1) is 0 Å². The van der Waals surface area contributed by atoms with Gasteiger partial charge in [-0.25, -0.2) is 0 Å². The highest BCUT2D eigenvalue weighted by atomic mass is 16.6. The Balaban J connectivity index is 1.27. The maximum atomic E-state index is 9.58. The lowest BCUT2D eigenvalue weighted by atomic mass is 9.91. The van der Waals surface area contributed by atoms with Gasteiger partial charge in [0.05, 0.1) is 51.8 Å². The highest BCUT2D eigenvalue weighted by Crippen LogP contribution is 2.35. The summed E-state index contributed by atoms with van der Waals surface area (Å²) in [6.45, 7) is 2.05. The molecule has 4 aromatic rings. The quantitative estimate of drug-likeness (QED) is 0.139. The van der Waals surface area contributed by atoms with Gasteiger partial charge in [0, 0.05) is 0 Å². The number of ether oxygens (including phenoxy) is 6. The number of hydrogen-bond donors (Lipinski definition) is 1. The summed E-state index contributed by atoms with van der Waals surface area (Å²) in [7, 11) is 0. The van der Waals surface area contributed by atoms with Crippen LogP contribution in [0.4, 0.5) is 0 Å². The molecule has 242 valence electrons. The Morgan fingerprint density at radius 1 is 0.435 bits per heavy atom. The van der Waals surface area contributed by atoms with Gasteiger partial charge >= 0.3 is 0 Å².